The zero-order chi connectivity index (χ0) is 23.6. The molecular weight excluding hydrogens is 431 g/mol. The molecule has 2 unspecified atom stereocenters. The van der Waals surface area contributed by atoms with E-state index in [0.717, 1.165) is 19.2 Å². The summed E-state index contributed by atoms with van der Waals surface area (Å²) >= 11 is 0. The van der Waals surface area contributed by atoms with E-state index in [0.29, 0.717) is 11.6 Å². The summed E-state index contributed by atoms with van der Waals surface area (Å²) in [6.45, 7) is 9.10. The first-order valence-corrected chi connectivity index (χ1v) is 9.41. The molecule has 1 aliphatic rings. The SMILES string of the molecule is [C-]#[N+]C1=C(Cc2cccc(F)c2)N=C(C)C(C(=O)OC)C1c1ccc(F)cc1C(F)(F)F. The molecule has 0 saturated carbocycles. The van der Waals surface area contributed by atoms with Gasteiger partial charge in [0.25, 0.3) is 0 Å². The highest BCUT2D eigenvalue weighted by molar-refractivity contribution is 6.03. The second-order valence-electron chi connectivity index (χ2n) is 7.21. The lowest BCUT2D eigenvalue weighted by Crippen LogP contribution is -2.34. The molecule has 166 valence electrons. The Morgan fingerprint density at radius 1 is 1.16 bits per heavy atom. The number of esters is 1. The van der Waals surface area contributed by atoms with Gasteiger partial charge in [0.05, 0.1) is 25.2 Å². The minimum atomic E-state index is -4.93. The van der Waals surface area contributed by atoms with Crippen molar-refractivity contribution in [2.75, 3.05) is 7.11 Å². The number of hydrogen-bond acceptors (Lipinski definition) is 3. The van der Waals surface area contributed by atoms with Gasteiger partial charge in [0, 0.05) is 23.7 Å². The van der Waals surface area contributed by atoms with Gasteiger partial charge in [-0.15, -0.1) is 0 Å². The molecule has 4 nitrogen and oxygen atoms in total. The van der Waals surface area contributed by atoms with Crippen molar-refractivity contribution >= 4 is 11.7 Å². The molecule has 0 saturated heterocycles. The van der Waals surface area contributed by atoms with Crippen LogP contribution in [0.5, 0.6) is 0 Å². The summed E-state index contributed by atoms with van der Waals surface area (Å²) in [6, 6.07) is 7.59. The van der Waals surface area contributed by atoms with E-state index in [4.69, 9.17) is 11.3 Å². The summed E-state index contributed by atoms with van der Waals surface area (Å²) in [4.78, 5) is 20.2. The molecule has 9 heteroatoms. The van der Waals surface area contributed by atoms with E-state index < -0.39 is 46.7 Å². The van der Waals surface area contributed by atoms with E-state index in [2.05, 4.69) is 9.84 Å². The predicted octanol–water partition coefficient (Wildman–Crippen LogP) is 5.70. The number of nitrogens with zero attached hydrogens (tertiary/aromatic N) is 2. The summed E-state index contributed by atoms with van der Waals surface area (Å²) in [7, 11) is 1.07. The van der Waals surface area contributed by atoms with E-state index in [9.17, 15) is 26.7 Å². The highest BCUT2D eigenvalue weighted by Gasteiger charge is 2.45. The standard InChI is InChI=1S/C23H17F5N2O2/c1-12-19(22(31)32-3)20(16-8-7-15(25)11-17(16)23(26,27)28)21(29-2)18(30-12)10-13-5-4-6-14(24)9-13/h4-9,11,19-20H,10H2,1,3H3. The number of benzene rings is 2. The number of carbonyl (C=O) groups excluding carboxylic acids is 1. The van der Waals surface area contributed by atoms with Crippen molar-refractivity contribution in [2.24, 2.45) is 10.9 Å². The Bertz CT molecular complexity index is 1160. The number of ether oxygens (including phenoxy) is 1. The third kappa shape index (κ3) is 4.54. The molecule has 0 radical (unpaired) electrons. The maximum atomic E-state index is 13.8. The Morgan fingerprint density at radius 3 is 2.44 bits per heavy atom. The molecule has 3 rings (SSSR count). The topological polar surface area (TPSA) is 43.0 Å². The number of methoxy groups -OCH3 is 1. The molecule has 2 atom stereocenters. The van der Waals surface area contributed by atoms with Crippen molar-refractivity contribution in [3.05, 3.63) is 93.6 Å². The van der Waals surface area contributed by atoms with Crippen LogP contribution >= 0.6 is 0 Å². The van der Waals surface area contributed by atoms with Gasteiger partial charge in [0.1, 0.15) is 11.6 Å². The molecule has 0 aliphatic carbocycles. The minimum absolute atomic E-state index is 0.0419. The first-order valence-electron chi connectivity index (χ1n) is 9.41. The normalized spacial score (nSPS) is 18.8. The maximum absolute atomic E-state index is 13.8. The Kier molecular flexibility index (Phi) is 6.44. The number of rotatable bonds is 4. The lowest BCUT2D eigenvalue weighted by atomic mass is 9.76. The summed E-state index contributed by atoms with van der Waals surface area (Å²) in [6.07, 6.45) is -4.98. The molecule has 2 aromatic carbocycles. The summed E-state index contributed by atoms with van der Waals surface area (Å²) in [5.74, 6) is -5.22. The first-order chi connectivity index (χ1) is 15.1. The van der Waals surface area contributed by atoms with Crippen molar-refractivity contribution in [1.82, 2.24) is 0 Å². The van der Waals surface area contributed by atoms with E-state index in [1.807, 2.05) is 0 Å². The molecule has 1 aliphatic heterocycles. The molecule has 2 aromatic rings. The van der Waals surface area contributed by atoms with Crippen LogP contribution in [0, 0.1) is 24.1 Å². The van der Waals surface area contributed by atoms with Gasteiger partial charge < -0.3 is 4.74 Å². The van der Waals surface area contributed by atoms with Gasteiger partial charge in [-0.05, 0) is 42.3 Å². The highest BCUT2D eigenvalue weighted by Crippen LogP contribution is 2.45. The van der Waals surface area contributed by atoms with Crippen LogP contribution in [0.25, 0.3) is 4.85 Å². The fourth-order valence-corrected chi connectivity index (χ4v) is 3.83. The van der Waals surface area contributed by atoms with Crippen molar-refractivity contribution in [2.45, 2.75) is 25.4 Å². The molecule has 0 amide bonds. The number of alkyl halides is 3. The van der Waals surface area contributed by atoms with Gasteiger partial charge in [-0.3, -0.25) is 9.79 Å². The third-order valence-corrected chi connectivity index (χ3v) is 5.18. The van der Waals surface area contributed by atoms with Gasteiger partial charge in [-0.1, -0.05) is 18.2 Å². The van der Waals surface area contributed by atoms with Crippen LogP contribution in [0.4, 0.5) is 22.0 Å². The van der Waals surface area contributed by atoms with Gasteiger partial charge in [0.2, 0.25) is 0 Å². The van der Waals surface area contributed by atoms with E-state index >= 15 is 0 Å². The predicted molar refractivity (Wildman–Crippen MR) is 106 cm³/mol. The van der Waals surface area contributed by atoms with Gasteiger partial charge in [-0.2, -0.15) is 13.2 Å². The van der Waals surface area contributed by atoms with Crippen LogP contribution in [0.15, 0.2) is 58.9 Å². The minimum Gasteiger partial charge on any atom is -0.469 e. The second-order valence-corrected chi connectivity index (χ2v) is 7.21. The fourth-order valence-electron chi connectivity index (χ4n) is 3.83. The van der Waals surface area contributed by atoms with Crippen LogP contribution in [0.2, 0.25) is 0 Å². The van der Waals surface area contributed by atoms with Crippen LogP contribution in [0.3, 0.4) is 0 Å². The number of allylic oxidation sites excluding steroid dienone is 2. The monoisotopic (exact) mass is 448 g/mol. The van der Waals surface area contributed by atoms with Crippen LogP contribution in [-0.4, -0.2) is 18.8 Å². The van der Waals surface area contributed by atoms with Crippen LogP contribution in [0.1, 0.15) is 29.5 Å². The Hall–Kier alpha value is -3.54. The molecule has 0 fully saturated rings. The fraction of sp³-hybridized carbons (Fsp3) is 0.261. The molecule has 1 heterocycles. The summed E-state index contributed by atoms with van der Waals surface area (Å²) in [5, 5.41) is 0. The number of hydrogen-bond donors (Lipinski definition) is 0. The first kappa shape index (κ1) is 23.1. The molecule has 0 spiro atoms. The Morgan fingerprint density at radius 2 is 1.84 bits per heavy atom. The van der Waals surface area contributed by atoms with E-state index in [-0.39, 0.29) is 23.5 Å². The van der Waals surface area contributed by atoms with Gasteiger partial charge >= 0.3 is 12.1 Å². The van der Waals surface area contributed by atoms with Crippen LogP contribution < -0.4 is 0 Å². The molecule has 0 N–H and O–H groups in total. The number of aliphatic imine (C=N–C) groups is 1. The number of carbonyl (C=O) groups is 1. The maximum Gasteiger partial charge on any atom is 0.416 e. The zero-order valence-corrected chi connectivity index (χ0v) is 17.0. The van der Waals surface area contributed by atoms with Crippen molar-refractivity contribution < 1.29 is 31.5 Å². The zero-order valence-electron chi connectivity index (χ0n) is 17.0. The third-order valence-electron chi connectivity index (χ3n) is 5.18. The van der Waals surface area contributed by atoms with Crippen molar-refractivity contribution in [3.8, 4) is 0 Å². The highest BCUT2D eigenvalue weighted by atomic mass is 19.4. The molecule has 0 bridgehead atoms. The van der Waals surface area contributed by atoms with Crippen LogP contribution in [-0.2, 0) is 22.1 Å². The van der Waals surface area contributed by atoms with Gasteiger partial charge in [-0.25, -0.2) is 13.6 Å². The van der Waals surface area contributed by atoms with Crippen molar-refractivity contribution in [3.63, 3.8) is 0 Å². The smallest absolute Gasteiger partial charge is 0.416 e. The lowest BCUT2D eigenvalue weighted by molar-refractivity contribution is -0.144. The number of halogens is 5. The quantitative estimate of drug-likeness (QED) is 0.342. The largest absolute Gasteiger partial charge is 0.469 e. The summed E-state index contributed by atoms with van der Waals surface area (Å²) < 4.78 is 73.4. The average molecular weight is 448 g/mol. The second kappa shape index (κ2) is 8.91. The van der Waals surface area contributed by atoms with E-state index in [1.54, 1.807) is 6.07 Å². The Labute approximate surface area is 180 Å². The molecule has 0 aromatic heterocycles. The molecule has 32 heavy (non-hydrogen) atoms. The Balaban J connectivity index is 2.26. The average Bonchev–Trinajstić information content (AvgIpc) is 2.72. The summed E-state index contributed by atoms with van der Waals surface area (Å²) in [5.41, 5.74) is -1.26. The molecular formula is C23H17F5N2O2. The lowest BCUT2D eigenvalue weighted by Gasteiger charge is -2.31. The van der Waals surface area contributed by atoms with E-state index in [1.165, 1.54) is 25.1 Å². The van der Waals surface area contributed by atoms with Crippen molar-refractivity contribution in [1.29, 1.82) is 0 Å². The van der Waals surface area contributed by atoms with Gasteiger partial charge in [0.15, 0.2) is 5.70 Å².